The Bertz CT molecular complexity index is 1320. The van der Waals surface area contributed by atoms with Crippen LogP contribution in [0.15, 0.2) is 76.1 Å². The first-order chi connectivity index (χ1) is 16.9. The summed E-state index contributed by atoms with van der Waals surface area (Å²) in [6, 6.07) is 18.9. The summed E-state index contributed by atoms with van der Waals surface area (Å²) in [5.74, 6) is -0.0716. The molecule has 0 aromatic heterocycles. The first kappa shape index (κ1) is 24.8. The van der Waals surface area contributed by atoms with Gasteiger partial charge in [-0.05, 0) is 87.9 Å². The van der Waals surface area contributed by atoms with Gasteiger partial charge in [0.25, 0.3) is 17.1 Å². The predicted octanol–water partition coefficient (Wildman–Crippen LogP) is 6.37. The SMILES string of the molecule is COc1cc(/C=C2/SC(=O)N(c3ccc(Cl)cc3)C2=O)cc(Br)c1OCC(=O)Nc1ccccc1. The lowest BCUT2D eigenvalue weighted by molar-refractivity contribution is -0.118. The molecule has 0 radical (unpaired) electrons. The fourth-order valence-electron chi connectivity index (χ4n) is 3.25. The van der Waals surface area contributed by atoms with E-state index in [1.54, 1.807) is 54.6 Å². The standard InChI is InChI=1S/C25H18BrClN2O5S/c1-33-20-12-15(11-19(26)23(20)34-14-22(30)28-17-5-3-2-4-6-17)13-21-24(31)29(25(32)35-21)18-9-7-16(27)8-10-18/h2-13H,14H2,1H3,(H,28,30)/b21-13+. The Labute approximate surface area is 219 Å². The third kappa shape index (κ3) is 5.87. The Morgan fingerprint density at radius 3 is 2.51 bits per heavy atom. The average Bonchev–Trinajstić information content (AvgIpc) is 3.11. The quantitative estimate of drug-likeness (QED) is 0.331. The van der Waals surface area contributed by atoms with E-state index in [1.807, 2.05) is 18.2 Å². The van der Waals surface area contributed by atoms with Crippen molar-refractivity contribution in [1.82, 2.24) is 0 Å². The van der Waals surface area contributed by atoms with Gasteiger partial charge < -0.3 is 14.8 Å². The van der Waals surface area contributed by atoms with Crippen molar-refractivity contribution >= 4 is 73.8 Å². The van der Waals surface area contributed by atoms with Crippen molar-refractivity contribution in [2.45, 2.75) is 0 Å². The fourth-order valence-corrected chi connectivity index (χ4v) is 4.79. The second kappa shape index (κ2) is 11.0. The summed E-state index contributed by atoms with van der Waals surface area (Å²) in [6.45, 7) is -0.233. The van der Waals surface area contributed by atoms with Gasteiger partial charge in [-0.2, -0.15) is 0 Å². The summed E-state index contributed by atoms with van der Waals surface area (Å²) in [6.07, 6.45) is 1.60. The summed E-state index contributed by atoms with van der Waals surface area (Å²) in [4.78, 5) is 39.0. The number of thioether (sulfide) groups is 1. The van der Waals surface area contributed by atoms with Crippen molar-refractivity contribution in [3.8, 4) is 11.5 Å². The van der Waals surface area contributed by atoms with E-state index in [0.717, 1.165) is 16.7 Å². The van der Waals surface area contributed by atoms with Crippen LogP contribution >= 0.6 is 39.3 Å². The molecule has 10 heteroatoms. The number of ether oxygens (including phenoxy) is 2. The van der Waals surface area contributed by atoms with Crippen LogP contribution in [0.1, 0.15) is 5.56 Å². The molecule has 178 valence electrons. The molecule has 0 aliphatic carbocycles. The van der Waals surface area contributed by atoms with Crippen LogP contribution in [0.2, 0.25) is 5.02 Å². The summed E-state index contributed by atoms with van der Waals surface area (Å²) >= 11 is 10.2. The number of para-hydroxylation sites is 1. The lowest BCUT2D eigenvalue weighted by Crippen LogP contribution is -2.27. The molecule has 1 N–H and O–H groups in total. The maximum absolute atomic E-state index is 12.9. The first-order valence-electron chi connectivity index (χ1n) is 10.2. The van der Waals surface area contributed by atoms with Gasteiger partial charge in [-0.1, -0.05) is 29.8 Å². The number of hydrogen-bond acceptors (Lipinski definition) is 6. The highest BCUT2D eigenvalue weighted by Crippen LogP contribution is 2.40. The second-order valence-electron chi connectivity index (χ2n) is 7.23. The van der Waals surface area contributed by atoms with E-state index >= 15 is 0 Å². The number of amides is 3. The van der Waals surface area contributed by atoms with Crippen molar-refractivity contribution in [3.05, 3.63) is 86.7 Å². The Kier molecular flexibility index (Phi) is 7.80. The number of hydrogen-bond donors (Lipinski definition) is 1. The largest absolute Gasteiger partial charge is 0.493 e. The Balaban J connectivity index is 1.50. The monoisotopic (exact) mass is 572 g/mol. The fraction of sp³-hybridized carbons (Fsp3) is 0.0800. The molecule has 3 amide bonds. The molecule has 3 aromatic rings. The number of halogens is 2. The lowest BCUT2D eigenvalue weighted by atomic mass is 10.1. The zero-order valence-corrected chi connectivity index (χ0v) is 21.4. The minimum Gasteiger partial charge on any atom is -0.493 e. The molecule has 1 saturated heterocycles. The average molecular weight is 574 g/mol. The van der Waals surface area contributed by atoms with Gasteiger partial charge in [0.1, 0.15) is 0 Å². The molecular weight excluding hydrogens is 556 g/mol. The normalized spacial score (nSPS) is 14.4. The van der Waals surface area contributed by atoms with Crippen LogP contribution in [-0.4, -0.2) is 30.8 Å². The highest BCUT2D eigenvalue weighted by molar-refractivity contribution is 9.10. The number of methoxy groups -OCH3 is 1. The summed E-state index contributed by atoms with van der Waals surface area (Å²) < 4.78 is 11.6. The van der Waals surface area contributed by atoms with Gasteiger partial charge in [-0.25, -0.2) is 4.90 Å². The Morgan fingerprint density at radius 1 is 1.11 bits per heavy atom. The molecule has 3 aromatic carbocycles. The van der Waals surface area contributed by atoms with E-state index in [9.17, 15) is 14.4 Å². The van der Waals surface area contributed by atoms with E-state index in [0.29, 0.717) is 37.9 Å². The van der Waals surface area contributed by atoms with E-state index in [1.165, 1.54) is 7.11 Å². The Hall–Kier alpha value is -3.27. The number of anilines is 2. The van der Waals surface area contributed by atoms with E-state index in [-0.39, 0.29) is 17.4 Å². The van der Waals surface area contributed by atoms with Crippen molar-refractivity contribution in [3.63, 3.8) is 0 Å². The minimum atomic E-state index is -0.435. The van der Waals surface area contributed by atoms with Crippen molar-refractivity contribution < 1.29 is 23.9 Å². The highest BCUT2D eigenvalue weighted by Gasteiger charge is 2.36. The third-order valence-corrected chi connectivity index (χ3v) is 6.54. The first-order valence-corrected chi connectivity index (χ1v) is 12.2. The Morgan fingerprint density at radius 2 is 1.83 bits per heavy atom. The van der Waals surface area contributed by atoms with E-state index < -0.39 is 11.1 Å². The third-order valence-electron chi connectivity index (χ3n) is 4.83. The van der Waals surface area contributed by atoms with Crippen LogP contribution in [0.4, 0.5) is 16.2 Å². The molecule has 1 aliphatic rings. The molecule has 0 spiro atoms. The molecule has 0 atom stereocenters. The lowest BCUT2D eigenvalue weighted by Gasteiger charge is -2.14. The zero-order chi connectivity index (χ0) is 24.9. The number of benzene rings is 3. The van der Waals surface area contributed by atoms with Crippen LogP contribution in [0.3, 0.4) is 0 Å². The van der Waals surface area contributed by atoms with Crippen LogP contribution < -0.4 is 19.7 Å². The van der Waals surface area contributed by atoms with Crippen molar-refractivity contribution in [1.29, 1.82) is 0 Å². The van der Waals surface area contributed by atoms with Crippen LogP contribution in [-0.2, 0) is 9.59 Å². The highest BCUT2D eigenvalue weighted by atomic mass is 79.9. The van der Waals surface area contributed by atoms with Crippen molar-refractivity contribution in [2.75, 3.05) is 23.9 Å². The maximum Gasteiger partial charge on any atom is 0.298 e. The van der Waals surface area contributed by atoms with Gasteiger partial charge in [0.2, 0.25) is 0 Å². The molecule has 0 unspecified atom stereocenters. The summed E-state index contributed by atoms with van der Waals surface area (Å²) in [5, 5.41) is 2.85. The van der Waals surface area contributed by atoms with Gasteiger partial charge in [0.05, 0.1) is 22.2 Å². The molecule has 0 saturated carbocycles. The van der Waals surface area contributed by atoms with E-state index in [4.69, 9.17) is 21.1 Å². The molecule has 1 fully saturated rings. The zero-order valence-electron chi connectivity index (χ0n) is 18.3. The maximum atomic E-state index is 12.9. The van der Waals surface area contributed by atoms with Crippen LogP contribution in [0.5, 0.6) is 11.5 Å². The van der Waals surface area contributed by atoms with Gasteiger partial charge in [0.15, 0.2) is 18.1 Å². The minimum absolute atomic E-state index is 0.233. The molecular formula is C25H18BrClN2O5S. The molecule has 35 heavy (non-hydrogen) atoms. The molecule has 1 heterocycles. The number of imide groups is 1. The number of carbonyl (C=O) groups excluding carboxylic acids is 3. The number of nitrogens with one attached hydrogen (secondary N) is 1. The molecule has 0 bridgehead atoms. The van der Waals surface area contributed by atoms with Crippen LogP contribution in [0.25, 0.3) is 6.08 Å². The summed E-state index contributed by atoms with van der Waals surface area (Å²) in [7, 11) is 1.47. The second-order valence-corrected chi connectivity index (χ2v) is 9.51. The number of carbonyl (C=O) groups is 3. The van der Waals surface area contributed by atoms with Gasteiger partial charge in [-0.3, -0.25) is 14.4 Å². The summed E-state index contributed by atoms with van der Waals surface area (Å²) in [5.41, 5.74) is 1.71. The molecule has 1 aliphatic heterocycles. The predicted molar refractivity (Wildman–Crippen MR) is 141 cm³/mol. The number of rotatable bonds is 7. The number of nitrogens with zero attached hydrogens (tertiary/aromatic N) is 1. The van der Waals surface area contributed by atoms with Crippen molar-refractivity contribution in [2.24, 2.45) is 0 Å². The van der Waals surface area contributed by atoms with Gasteiger partial charge in [-0.15, -0.1) is 0 Å². The smallest absolute Gasteiger partial charge is 0.298 e. The van der Waals surface area contributed by atoms with Gasteiger partial charge in [0, 0.05) is 10.7 Å². The van der Waals surface area contributed by atoms with E-state index in [2.05, 4.69) is 21.2 Å². The topological polar surface area (TPSA) is 84.9 Å². The van der Waals surface area contributed by atoms with Gasteiger partial charge >= 0.3 is 0 Å². The van der Waals surface area contributed by atoms with Crippen LogP contribution in [0, 0.1) is 0 Å². The molecule has 4 rings (SSSR count). The molecule has 7 nitrogen and oxygen atoms in total.